The molecule has 0 saturated carbocycles. The van der Waals surface area contributed by atoms with Gasteiger partial charge in [-0.25, -0.2) is 0 Å². The number of aromatic hydroxyl groups is 1. The number of benzene rings is 1. The number of hydrogen-bond donors (Lipinski definition) is 1. The van der Waals surface area contributed by atoms with E-state index in [1.807, 2.05) is 12.1 Å². The summed E-state index contributed by atoms with van der Waals surface area (Å²) in [5.74, 6) is 0.202. The first-order valence-corrected chi connectivity index (χ1v) is 6.30. The Bertz CT molecular complexity index is 378. The van der Waals surface area contributed by atoms with Gasteiger partial charge in [-0.05, 0) is 26.0 Å². The first-order chi connectivity index (χ1) is 8.18. The molecule has 1 fully saturated rings. The molecule has 3 nitrogen and oxygen atoms in total. The van der Waals surface area contributed by atoms with E-state index in [0.29, 0.717) is 11.1 Å². The molecule has 1 N–H and O–H groups in total. The number of phenolic OH excluding ortho intramolecular Hbond substituents is 1. The minimum atomic E-state index is 0.202. The Hall–Kier alpha value is -0.770. The molecule has 1 aliphatic heterocycles. The molecule has 2 rings (SSSR count). The quantitative estimate of drug-likeness (QED) is 0.901. The number of para-hydroxylation sites is 1. The van der Waals surface area contributed by atoms with Crippen molar-refractivity contribution in [3.8, 4) is 5.75 Å². The molecule has 0 radical (unpaired) electrons. The van der Waals surface area contributed by atoms with Crippen LogP contribution in [0.3, 0.4) is 0 Å². The Morgan fingerprint density at radius 1 is 1.41 bits per heavy atom. The van der Waals surface area contributed by atoms with Crippen LogP contribution in [0.1, 0.15) is 18.4 Å². The van der Waals surface area contributed by atoms with Gasteiger partial charge in [0, 0.05) is 31.4 Å². The summed E-state index contributed by atoms with van der Waals surface area (Å²) in [6.45, 7) is 2.38. The van der Waals surface area contributed by atoms with E-state index in [2.05, 4.69) is 11.9 Å². The van der Waals surface area contributed by atoms with Crippen LogP contribution < -0.4 is 0 Å². The SMILES string of the molecule is CN(Cc1cccc(Cl)c1O)C1CCOCC1. The topological polar surface area (TPSA) is 32.7 Å². The zero-order valence-electron chi connectivity index (χ0n) is 10.0. The number of nitrogens with zero attached hydrogens (tertiary/aromatic N) is 1. The number of ether oxygens (including phenoxy) is 1. The van der Waals surface area contributed by atoms with Crippen LogP contribution in [0, 0.1) is 0 Å². The molecule has 0 amide bonds. The fraction of sp³-hybridized carbons (Fsp3) is 0.538. The summed E-state index contributed by atoms with van der Waals surface area (Å²) >= 11 is 5.89. The fourth-order valence-corrected chi connectivity index (χ4v) is 2.41. The molecule has 0 atom stereocenters. The van der Waals surface area contributed by atoms with Gasteiger partial charge in [-0.2, -0.15) is 0 Å². The maximum atomic E-state index is 9.86. The average molecular weight is 256 g/mol. The summed E-state index contributed by atoms with van der Waals surface area (Å²) in [7, 11) is 2.08. The van der Waals surface area contributed by atoms with Crippen LogP contribution in [0.4, 0.5) is 0 Å². The zero-order chi connectivity index (χ0) is 12.3. The molecule has 0 aromatic heterocycles. The number of rotatable bonds is 3. The molecule has 1 aliphatic rings. The first-order valence-electron chi connectivity index (χ1n) is 5.93. The lowest BCUT2D eigenvalue weighted by Crippen LogP contribution is -2.36. The van der Waals surface area contributed by atoms with Gasteiger partial charge in [-0.1, -0.05) is 23.7 Å². The van der Waals surface area contributed by atoms with Gasteiger partial charge >= 0.3 is 0 Å². The standard InChI is InChI=1S/C13H18ClNO2/c1-15(11-5-7-17-8-6-11)9-10-3-2-4-12(14)13(10)16/h2-4,11,16H,5-9H2,1H3. The molecule has 1 heterocycles. The lowest BCUT2D eigenvalue weighted by atomic mass is 10.1. The highest BCUT2D eigenvalue weighted by Gasteiger charge is 2.19. The summed E-state index contributed by atoms with van der Waals surface area (Å²) in [5, 5.41) is 10.3. The third kappa shape index (κ3) is 3.12. The number of phenols is 1. The monoisotopic (exact) mass is 255 g/mol. The zero-order valence-corrected chi connectivity index (χ0v) is 10.8. The van der Waals surface area contributed by atoms with Crippen LogP contribution in [-0.4, -0.2) is 36.3 Å². The van der Waals surface area contributed by atoms with Crippen molar-refractivity contribution in [3.05, 3.63) is 28.8 Å². The summed E-state index contributed by atoms with van der Waals surface area (Å²) in [6, 6.07) is 6.02. The molecule has 1 saturated heterocycles. The van der Waals surface area contributed by atoms with Gasteiger partial charge < -0.3 is 9.84 Å². The van der Waals surface area contributed by atoms with E-state index in [1.54, 1.807) is 6.07 Å². The second-order valence-electron chi connectivity index (χ2n) is 4.51. The molecule has 1 aromatic carbocycles. The Morgan fingerprint density at radius 2 is 2.12 bits per heavy atom. The van der Waals surface area contributed by atoms with Gasteiger partial charge in [0.1, 0.15) is 5.75 Å². The highest BCUT2D eigenvalue weighted by atomic mass is 35.5. The molecule has 0 spiro atoms. The summed E-state index contributed by atoms with van der Waals surface area (Å²) < 4.78 is 5.35. The van der Waals surface area contributed by atoms with Crippen molar-refractivity contribution in [2.45, 2.75) is 25.4 Å². The van der Waals surface area contributed by atoms with Crippen LogP contribution in [0.5, 0.6) is 5.75 Å². The third-order valence-electron chi connectivity index (χ3n) is 3.30. The van der Waals surface area contributed by atoms with Crippen molar-refractivity contribution in [1.29, 1.82) is 0 Å². The summed E-state index contributed by atoms with van der Waals surface area (Å²) in [4.78, 5) is 2.26. The maximum Gasteiger partial charge on any atom is 0.138 e. The van der Waals surface area contributed by atoms with Gasteiger partial charge in [0.2, 0.25) is 0 Å². The second kappa shape index (κ2) is 5.71. The van der Waals surface area contributed by atoms with E-state index in [4.69, 9.17) is 16.3 Å². The van der Waals surface area contributed by atoms with Crippen LogP contribution in [0.25, 0.3) is 0 Å². The summed E-state index contributed by atoms with van der Waals surface area (Å²) in [6.07, 6.45) is 2.11. The Morgan fingerprint density at radius 3 is 2.82 bits per heavy atom. The third-order valence-corrected chi connectivity index (χ3v) is 3.61. The lowest BCUT2D eigenvalue weighted by molar-refractivity contribution is 0.0405. The van der Waals surface area contributed by atoms with Crippen LogP contribution in [0.15, 0.2) is 18.2 Å². The highest BCUT2D eigenvalue weighted by molar-refractivity contribution is 6.32. The minimum absolute atomic E-state index is 0.202. The molecule has 0 unspecified atom stereocenters. The predicted molar refractivity (Wildman–Crippen MR) is 68.4 cm³/mol. The van der Waals surface area contributed by atoms with E-state index in [9.17, 15) is 5.11 Å². The van der Waals surface area contributed by atoms with Crippen molar-refractivity contribution < 1.29 is 9.84 Å². The van der Waals surface area contributed by atoms with Crippen molar-refractivity contribution in [3.63, 3.8) is 0 Å². The number of halogens is 1. The second-order valence-corrected chi connectivity index (χ2v) is 4.91. The van der Waals surface area contributed by atoms with Crippen LogP contribution >= 0.6 is 11.6 Å². The van der Waals surface area contributed by atoms with Crippen LogP contribution in [0.2, 0.25) is 5.02 Å². The van der Waals surface area contributed by atoms with Gasteiger partial charge in [0.15, 0.2) is 0 Å². The van der Waals surface area contributed by atoms with E-state index in [0.717, 1.165) is 38.2 Å². The maximum absolute atomic E-state index is 9.86. The summed E-state index contributed by atoms with van der Waals surface area (Å²) in [5.41, 5.74) is 0.881. The average Bonchev–Trinajstić information content (AvgIpc) is 2.36. The van der Waals surface area contributed by atoms with E-state index < -0.39 is 0 Å². The Kier molecular flexibility index (Phi) is 4.26. The lowest BCUT2D eigenvalue weighted by Gasteiger charge is -2.31. The Balaban J connectivity index is 2.01. The molecule has 0 bridgehead atoms. The van der Waals surface area contributed by atoms with Crippen molar-refractivity contribution in [1.82, 2.24) is 4.90 Å². The Labute approximate surface area is 107 Å². The minimum Gasteiger partial charge on any atom is -0.506 e. The largest absolute Gasteiger partial charge is 0.506 e. The molecule has 17 heavy (non-hydrogen) atoms. The number of hydrogen-bond acceptors (Lipinski definition) is 3. The first kappa shape index (κ1) is 12.7. The van der Waals surface area contributed by atoms with Crippen molar-refractivity contribution >= 4 is 11.6 Å². The highest BCUT2D eigenvalue weighted by Crippen LogP contribution is 2.28. The molecule has 94 valence electrons. The molecular formula is C13H18ClNO2. The van der Waals surface area contributed by atoms with Crippen LogP contribution in [-0.2, 0) is 11.3 Å². The van der Waals surface area contributed by atoms with Gasteiger partial charge in [0.05, 0.1) is 5.02 Å². The van der Waals surface area contributed by atoms with E-state index >= 15 is 0 Å². The van der Waals surface area contributed by atoms with E-state index in [1.165, 1.54) is 0 Å². The predicted octanol–water partition coefficient (Wildman–Crippen LogP) is 2.66. The van der Waals surface area contributed by atoms with Crippen molar-refractivity contribution in [2.75, 3.05) is 20.3 Å². The fourth-order valence-electron chi connectivity index (χ4n) is 2.21. The molecule has 0 aliphatic carbocycles. The van der Waals surface area contributed by atoms with E-state index in [-0.39, 0.29) is 5.75 Å². The molecular weight excluding hydrogens is 238 g/mol. The molecule has 1 aromatic rings. The van der Waals surface area contributed by atoms with Gasteiger partial charge in [0.25, 0.3) is 0 Å². The van der Waals surface area contributed by atoms with Crippen molar-refractivity contribution in [2.24, 2.45) is 0 Å². The smallest absolute Gasteiger partial charge is 0.138 e. The van der Waals surface area contributed by atoms with Gasteiger partial charge in [-0.15, -0.1) is 0 Å². The normalized spacial score (nSPS) is 17.6. The molecule has 4 heteroatoms. The van der Waals surface area contributed by atoms with Gasteiger partial charge in [-0.3, -0.25) is 4.90 Å².